The summed E-state index contributed by atoms with van der Waals surface area (Å²) in [6, 6.07) is 13.8. The molecule has 1 unspecified atom stereocenters. The molecule has 7 heteroatoms. The van der Waals surface area contributed by atoms with Crippen LogP contribution in [0.2, 0.25) is 0 Å². The predicted molar refractivity (Wildman–Crippen MR) is 99.0 cm³/mol. The molecule has 142 valence electrons. The molecule has 5 nitrogen and oxygen atoms in total. The Morgan fingerprint density at radius 2 is 1.78 bits per heavy atom. The molecule has 1 heterocycles. The van der Waals surface area contributed by atoms with Gasteiger partial charge in [-0.05, 0) is 31.5 Å². The lowest BCUT2D eigenvalue weighted by Gasteiger charge is -2.26. The average Bonchev–Trinajstić information content (AvgIpc) is 3.01. The second kappa shape index (κ2) is 7.62. The molecular weight excluding hydrogens is 369 g/mol. The highest BCUT2D eigenvalue weighted by atomic mass is 32.2. The van der Waals surface area contributed by atoms with Gasteiger partial charge in [0.25, 0.3) is 0 Å². The van der Waals surface area contributed by atoms with Crippen LogP contribution in [-0.4, -0.2) is 31.8 Å². The van der Waals surface area contributed by atoms with Gasteiger partial charge in [0.15, 0.2) is 0 Å². The Kier molecular flexibility index (Phi) is 5.43. The minimum Gasteiger partial charge on any atom is -0.463 e. The zero-order chi connectivity index (χ0) is 19.6. The Morgan fingerprint density at radius 1 is 1.15 bits per heavy atom. The van der Waals surface area contributed by atoms with Crippen molar-refractivity contribution in [1.82, 2.24) is 4.31 Å². The van der Waals surface area contributed by atoms with E-state index in [-0.39, 0.29) is 17.1 Å². The molecule has 2 aromatic rings. The van der Waals surface area contributed by atoms with Crippen LogP contribution in [0, 0.1) is 6.92 Å². The van der Waals surface area contributed by atoms with Gasteiger partial charge in [-0.2, -0.15) is 4.31 Å². The largest absolute Gasteiger partial charge is 0.463 e. The number of carbonyl (C=O) groups excluding carboxylic acids is 1. The first-order valence-corrected chi connectivity index (χ1v) is 9.99. The van der Waals surface area contributed by atoms with Gasteiger partial charge in [-0.3, -0.25) is 0 Å². The van der Waals surface area contributed by atoms with Crippen molar-refractivity contribution in [2.75, 3.05) is 13.2 Å². The van der Waals surface area contributed by atoms with E-state index in [1.54, 1.807) is 49.4 Å². The minimum atomic E-state index is -4.02. The fourth-order valence-electron chi connectivity index (χ4n) is 3.07. The maximum atomic E-state index is 14.7. The lowest BCUT2D eigenvalue weighted by atomic mass is 10.0. The number of esters is 1. The van der Waals surface area contributed by atoms with Crippen LogP contribution >= 0.6 is 0 Å². The van der Waals surface area contributed by atoms with Gasteiger partial charge in [-0.1, -0.05) is 48.0 Å². The number of ether oxygens (including phenoxy) is 1. The fraction of sp³-hybridized carbons (Fsp3) is 0.250. The maximum absolute atomic E-state index is 14.7. The average molecular weight is 389 g/mol. The molecule has 0 amide bonds. The number of rotatable bonds is 5. The first-order chi connectivity index (χ1) is 12.9. The lowest BCUT2D eigenvalue weighted by molar-refractivity contribution is -0.139. The van der Waals surface area contributed by atoms with E-state index in [1.807, 2.05) is 6.92 Å². The number of carbonyl (C=O) groups is 1. The minimum absolute atomic E-state index is 0.0481. The summed E-state index contributed by atoms with van der Waals surface area (Å²) in [6.07, 6.45) is 0. The summed E-state index contributed by atoms with van der Waals surface area (Å²) >= 11 is 0. The third-order valence-corrected chi connectivity index (χ3v) is 6.21. The van der Waals surface area contributed by atoms with Gasteiger partial charge in [0.05, 0.1) is 29.7 Å². The third kappa shape index (κ3) is 3.65. The second-order valence-corrected chi connectivity index (χ2v) is 8.11. The molecule has 0 radical (unpaired) electrons. The normalized spacial score (nSPS) is 18.0. The maximum Gasteiger partial charge on any atom is 0.338 e. The third-order valence-electron chi connectivity index (χ3n) is 4.39. The number of hydrogen-bond donors (Lipinski definition) is 0. The molecule has 0 N–H and O–H groups in total. The van der Waals surface area contributed by atoms with Crippen LogP contribution in [0.3, 0.4) is 0 Å². The summed E-state index contributed by atoms with van der Waals surface area (Å²) in [5, 5.41) is 0. The Hall–Kier alpha value is -2.51. The first-order valence-electron chi connectivity index (χ1n) is 8.55. The Bertz CT molecular complexity index is 969. The van der Waals surface area contributed by atoms with Crippen molar-refractivity contribution in [2.24, 2.45) is 0 Å². The van der Waals surface area contributed by atoms with Gasteiger partial charge >= 0.3 is 5.97 Å². The van der Waals surface area contributed by atoms with Crippen LogP contribution in [0.15, 0.2) is 70.9 Å². The highest BCUT2D eigenvalue weighted by molar-refractivity contribution is 7.89. The van der Waals surface area contributed by atoms with E-state index in [1.165, 1.54) is 12.1 Å². The molecule has 0 saturated heterocycles. The molecule has 2 aromatic carbocycles. The second-order valence-electron chi connectivity index (χ2n) is 6.22. The molecule has 0 saturated carbocycles. The van der Waals surface area contributed by atoms with Gasteiger partial charge in [0.1, 0.15) is 5.83 Å². The molecule has 27 heavy (non-hydrogen) atoms. The molecule has 1 aliphatic rings. The molecular formula is C20H20FNO4S. The zero-order valence-electron chi connectivity index (χ0n) is 15.1. The van der Waals surface area contributed by atoms with Gasteiger partial charge in [-0.15, -0.1) is 0 Å². The number of nitrogens with zero attached hydrogens (tertiary/aromatic N) is 1. The van der Waals surface area contributed by atoms with Crippen molar-refractivity contribution in [3.05, 3.63) is 77.1 Å². The van der Waals surface area contributed by atoms with Crippen molar-refractivity contribution in [1.29, 1.82) is 0 Å². The van der Waals surface area contributed by atoms with E-state index < -0.39 is 34.4 Å². The van der Waals surface area contributed by atoms with Crippen molar-refractivity contribution in [3.8, 4) is 0 Å². The molecule has 1 aliphatic heterocycles. The van der Waals surface area contributed by atoms with E-state index in [0.717, 1.165) is 9.87 Å². The molecule has 0 aromatic heterocycles. The Morgan fingerprint density at radius 3 is 2.37 bits per heavy atom. The topological polar surface area (TPSA) is 63.7 Å². The Balaban J connectivity index is 2.10. The highest BCUT2D eigenvalue weighted by Crippen LogP contribution is 2.41. The monoisotopic (exact) mass is 389 g/mol. The van der Waals surface area contributed by atoms with Crippen LogP contribution in [0.4, 0.5) is 4.39 Å². The smallest absolute Gasteiger partial charge is 0.338 e. The summed E-state index contributed by atoms with van der Waals surface area (Å²) in [7, 11) is -4.02. The van der Waals surface area contributed by atoms with Crippen LogP contribution in [0.25, 0.3) is 0 Å². The number of benzene rings is 2. The summed E-state index contributed by atoms with van der Waals surface area (Å²) in [6.45, 7) is 3.02. The summed E-state index contributed by atoms with van der Waals surface area (Å²) in [4.78, 5) is 12.4. The van der Waals surface area contributed by atoms with E-state index >= 15 is 0 Å². The van der Waals surface area contributed by atoms with E-state index in [4.69, 9.17) is 4.74 Å². The van der Waals surface area contributed by atoms with Crippen LogP contribution < -0.4 is 0 Å². The van der Waals surface area contributed by atoms with Crippen LogP contribution in [0.1, 0.15) is 24.1 Å². The number of halogens is 1. The molecule has 3 rings (SSSR count). The number of hydrogen-bond acceptors (Lipinski definition) is 4. The molecule has 0 spiro atoms. The zero-order valence-corrected chi connectivity index (χ0v) is 15.9. The van der Waals surface area contributed by atoms with Gasteiger partial charge in [-0.25, -0.2) is 17.6 Å². The van der Waals surface area contributed by atoms with Crippen molar-refractivity contribution in [3.63, 3.8) is 0 Å². The van der Waals surface area contributed by atoms with Gasteiger partial charge in [0, 0.05) is 0 Å². The van der Waals surface area contributed by atoms with Crippen LogP contribution in [-0.2, 0) is 19.6 Å². The summed E-state index contributed by atoms with van der Waals surface area (Å²) in [5.41, 5.74) is 1.15. The highest BCUT2D eigenvalue weighted by Gasteiger charge is 2.45. The predicted octanol–water partition coefficient (Wildman–Crippen LogP) is 3.53. The number of aryl methyl sites for hydroxylation is 1. The first kappa shape index (κ1) is 19.3. The molecule has 0 aliphatic carbocycles. The fourth-order valence-corrected chi connectivity index (χ4v) is 4.61. The van der Waals surface area contributed by atoms with Gasteiger partial charge < -0.3 is 4.74 Å². The molecule has 0 fully saturated rings. The number of sulfonamides is 1. The van der Waals surface area contributed by atoms with Crippen molar-refractivity contribution >= 4 is 16.0 Å². The van der Waals surface area contributed by atoms with Crippen molar-refractivity contribution < 1.29 is 22.3 Å². The standard InChI is InChI=1S/C20H20FNO4S/c1-3-26-20(23)18-17(21)13-22(19(18)15-7-5-4-6-8-15)27(24,25)16-11-9-14(2)10-12-16/h4-12,19H,3,13H2,1-2H3. The van der Waals surface area contributed by atoms with Gasteiger partial charge in [0.2, 0.25) is 10.0 Å². The summed E-state index contributed by atoms with van der Waals surface area (Å²) in [5.74, 6) is -1.64. The van der Waals surface area contributed by atoms with E-state index in [9.17, 15) is 17.6 Å². The quantitative estimate of drug-likeness (QED) is 0.734. The lowest BCUT2D eigenvalue weighted by Crippen LogP contribution is -2.33. The van der Waals surface area contributed by atoms with E-state index in [0.29, 0.717) is 5.56 Å². The molecule has 1 atom stereocenters. The van der Waals surface area contributed by atoms with E-state index in [2.05, 4.69) is 0 Å². The summed E-state index contributed by atoms with van der Waals surface area (Å²) < 4.78 is 47.1. The molecule has 0 bridgehead atoms. The van der Waals surface area contributed by atoms with Crippen molar-refractivity contribution in [2.45, 2.75) is 24.8 Å². The SMILES string of the molecule is CCOC(=O)C1=C(F)CN(S(=O)(=O)c2ccc(C)cc2)C1c1ccccc1. The van der Waals surface area contributed by atoms with Crippen LogP contribution in [0.5, 0.6) is 0 Å². The Labute approximate surface area is 158 Å².